The summed E-state index contributed by atoms with van der Waals surface area (Å²) in [6.45, 7) is 6.53. The second kappa shape index (κ2) is 10.1. The molecule has 29 heavy (non-hydrogen) atoms. The lowest BCUT2D eigenvalue weighted by atomic mass is 9.92. The van der Waals surface area contributed by atoms with E-state index in [-0.39, 0.29) is 12.1 Å². The van der Waals surface area contributed by atoms with Crippen LogP contribution in [0.25, 0.3) is 0 Å². The molecule has 1 atom stereocenters. The maximum Gasteiger partial charge on any atom is 0.251 e. The van der Waals surface area contributed by atoms with Gasteiger partial charge >= 0.3 is 0 Å². The lowest BCUT2D eigenvalue weighted by molar-refractivity contribution is -0.127. The SMILES string of the molecule is O=C1C2=C(CCCC2)C(NCCCN2CCOCC2)N1CCc1ccc(Cl)cc1. The van der Waals surface area contributed by atoms with Crippen LogP contribution in [0.1, 0.15) is 37.7 Å². The van der Waals surface area contributed by atoms with Crippen molar-refractivity contribution in [2.75, 3.05) is 45.9 Å². The van der Waals surface area contributed by atoms with Crippen molar-refractivity contribution in [3.63, 3.8) is 0 Å². The number of rotatable bonds is 8. The van der Waals surface area contributed by atoms with Gasteiger partial charge in [-0.15, -0.1) is 0 Å². The molecule has 1 amide bonds. The summed E-state index contributed by atoms with van der Waals surface area (Å²) in [6, 6.07) is 7.96. The van der Waals surface area contributed by atoms with Crippen molar-refractivity contribution < 1.29 is 9.53 Å². The molecule has 1 aliphatic carbocycles. The molecular weight excluding hydrogens is 386 g/mol. The Hall–Kier alpha value is -1.40. The molecule has 1 saturated heterocycles. The Morgan fingerprint density at radius 2 is 1.83 bits per heavy atom. The molecule has 1 aromatic rings. The summed E-state index contributed by atoms with van der Waals surface area (Å²) in [4.78, 5) is 17.6. The molecule has 1 fully saturated rings. The van der Waals surface area contributed by atoms with E-state index >= 15 is 0 Å². The van der Waals surface area contributed by atoms with E-state index < -0.39 is 0 Å². The monoisotopic (exact) mass is 417 g/mol. The molecule has 6 heteroatoms. The number of halogens is 1. The highest BCUT2D eigenvalue weighted by Gasteiger charge is 2.38. The average molecular weight is 418 g/mol. The molecule has 158 valence electrons. The number of carbonyl (C=O) groups is 1. The molecule has 0 spiro atoms. The Kier molecular flexibility index (Phi) is 7.24. The molecular formula is C23H32ClN3O2. The number of morpholine rings is 1. The predicted octanol–water partition coefficient (Wildman–Crippen LogP) is 3.23. The van der Waals surface area contributed by atoms with E-state index in [0.29, 0.717) is 0 Å². The standard InChI is InChI=1S/C23H32ClN3O2/c24-19-8-6-18(7-9-19)10-13-27-22(20-4-1-2-5-21(20)23(27)28)25-11-3-12-26-14-16-29-17-15-26/h6-9,22,25H,1-5,10-17H2. The highest BCUT2D eigenvalue weighted by atomic mass is 35.5. The van der Waals surface area contributed by atoms with Gasteiger partial charge in [-0.3, -0.25) is 15.0 Å². The summed E-state index contributed by atoms with van der Waals surface area (Å²) in [5, 5.41) is 4.47. The predicted molar refractivity (Wildman–Crippen MR) is 116 cm³/mol. The van der Waals surface area contributed by atoms with Gasteiger partial charge < -0.3 is 9.64 Å². The van der Waals surface area contributed by atoms with Gasteiger partial charge in [0.25, 0.3) is 5.91 Å². The molecule has 0 aromatic heterocycles. The maximum atomic E-state index is 13.1. The van der Waals surface area contributed by atoms with Crippen LogP contribution in [0.3, 0.4) is 0 Å². The Labute approximate surface area is 179 Å². The number of hydrogen-bond acceptors (Lipinski definition) is 4. The van der Waals surface area contributed by atoms with E-state index in [1.807, 2.05) is 12.1 Å². The number of carbonyl (C=O) groups excluding carboxylic acids is 1. The normalized spacial score (nSPS) is 23.0. The highest BCUT2D eigenvalue weighted by Crippen LogP contribution is 2.35. The molecule has 1 aromatic carbocycles. The molecule has 5 nitrogen and oxygen atoms in total. The van der Waals surface area contributed by atoms with E-state index in [2.05, 4.69) is 27.2 Å². The van der Waals surface area contributed by atoms with Gasteiger partial charge in [-0.05, 0) is 74.9 Å². The van der Waals surface area contributed by atoms with E-state index in [0.717, 1.165) is 88.6 Å². The fourth-order valence-corrected chi connectivity index (χ4v) is 4.81. The van der Waals surface area contributed by atoms with Crippen LogP contribution >= 0.6 is 11.6 Å². The van der Waals surface area contributed by atoms with Crippen molar-refractivity contribution in [1.82, 2.24) is 15.1 Å². The molecule has 1 unspecified atom stereocenters. The molecule has 1 N–H and O–H groups in total. The molecule has 0 bridgehead atoms. The summed E-state index contributed by atoms with van der Waals surface area (Å²) in [6.07, 6.45) is 6.36. The van der Waals surface area contributed by atoms with Gasteiger partial charge in [-0.2, -0.15) is 0 Å². The van der Waals surface area contributed by atoms with Gasteiger partial charge in [0.05, 0.1) is 13.2 Å². The van der Waals surface area contributed by atoms with E-state index in [9.17, 15) is 4.79 Å². The Morgan fingerprint density at radius 3 is 2.62 bits per heavy atom. The third-order valence-corrected chi connectivity index (χ3v) is 6.57. The highest BCUT2D eigenvalue weighted by molar-refractivity contribution is 6.30. The van der Waals surface area contributed by atoms with E-state index in [4.69, 9.17) is 16.3 Å². The van der Waals surface area contributed by atoms with Crippen LogP contribution in [0.4, 0.5) is 0 Å². The first-order valence-electron chi connectivity index (χ1n) is 11.0. The first-order chi connectivity index (χ1) is 14.2. The van der Waals surface area contributed by atoms with Crippen molar-refractivity contribution in [2.24, 2.45) is 0 Å². The van der Waals surface area contributed by atoms with E-state index in [1.165, 1.54) is 17.6 Å². The first-order valence-corrected chi connectivity index (χ1v) is 11.4. The largest absolute Gasteiger partial charge is 0.379 e. The Bertz CT molecular complexity index is 728. The fourth-order valence-electron chi connectivity index (χ4n) is 4.68. The van der Waals surface area contributed by atoms with Crippen molar-refractivity contribution in [3.8, 4) is 0 Å². The number of hydrogen-bond donors (Lipinski definition) is 1. The first kappa shape index (κ1) is 20.9. The van der Waals surface area contributed by atoms with Crippen LogP contribution in [-0.2, 0) is 16.0 Å². The van der Waals surface area contributed by atoms with E-state index in [1.54, 1.807) is 0 Å². The second-order valence-corrected chi connectivity index (χ2v) is 8.69. The fraction of sp³-hybridized carbons (Fsp3) is 0.609. The van der Waals surface area contributed by atoms with Crippen molar-refractivity contribution in [1.29, 1.82) is 0 Å². The number of ether oxygens (including phenoxy) is 1. The van der Waals surface area contributed by atoms with Gasteiger partial charge in [0.2, 0.25) is 0 Å². The lowest BCUT2D eigenvalue weighted by Gasteiger charge is -2.30. The zero-order valence-electron chi connectivity index (χ0n) is 17.2. The number of nitrogens with one attached hydrogen (secondary N) is 1. The van der Waals surface area contributed by atoms with Gasteiger partial charge in [0.1, 0.15) is 6.17 Å². The van der Waals surface area contributed by atoms with Crippen LogP contribution in [0.15, 0.2) is 35.4 Å². The zero-order chi connectivity index (χ0) is 20.1. The maximum absolute atomic E-state index is 13.1. The molecule has 0 saturated carbocycles. The minimum atomic E-state index is 0.0785. The topological polar surface area (TPSA) is 44.8 Å². The summed E-state index contributed by atoms with van der Waals surface area (Å²) in [5.74, 6) is 0.249. The van der Waals surface area contributed by atoms with Gasteiger partial charge in [0.15, 0.2) is 0 Å². The molecule has 2 aliphatic heterocycles. The molecule has 3 aliphatic rings. The molecule has 4 rings (SSSR count). The Balaban J connectivity index is 1.34. The molecule has 2 heterocycles. The van der Waals surface area contributed by atoms with Crippen LogP contribution < -0.4 is 5.32 Å². The third-order valence-electron chi connectivity index (χ3n) is 6.32. The van der Waals surface area contributed by atoms with Gasteiger partial charge in [0, 0.05) is 30.2 Å². The third kappa shape index (κ3) is 5.21. The van der Waals surface area contributed by atoms with Crippen molar-refractivity contribution in [3.05, 3.63) is 46.0 Å². The summed E-state index contributed by atoms with van der Waals surface area (Å²) in [5.41, 5.74) is 3.65. The minimum Gasteiger partial charge on any atom is -0.379 e. The summed E-state index contributed by atoms with van der Waals surface area (Å²) in [7, 11) is 0. The minimum absolute atomic E-state index is 0.0785. The summed E-state index contributed by atoms with van der Waals surface area (Å²) < 4.78 is 5.43. The quantitative estimate of drug-likeness (QED) is 0.659. The van der Waals surface area contributed by atoms with Crippen LogP contribution in [0.2, 0.25) is 5.02 Å². The van der Waals surface area contributed by atoms with Crippen molar-refractivity contribution in [2.45, 2.75) is 44.7 Å². The van der Waals surface area contributed by atoms with Crippen LogP contribution in [0.5, 0.6) is 0 Å². The lowest BCUT2D eigenvalue weighted by Crippen LogP contribution is -2.47. The number of amides is 1. The number of nitrogens with zero attached hydrogens (tertiary/aromatic N) is 2. The van der Waals surface area contributed by atoms with Gasteiger partial charge in [-0.25, -0.2) is 0 Å². The van der Waals surface area contributed by atoms with Crippen LogP contribution in [0, 0.1) is 0 Å². The second-order valence-electron chi connectivity index (χ2n) is 8.25. The zero-order valence-corrected chi connectivity index (χ0v) is 17.9. The molecule has 0 radical (unpaired) electrons. The van der Waals surface area contributed by atoms with Gasteiger partial charge in [-0.1, -0.05) is 23.7 Å². The number of benzene rings is 1. The smallest absolute Gasteiger partial charge is 0.251 e. The van der Waals surface area contributed by atoms with Crippen LogP contribution in [-0.4, -0.2) is 67.8 Å². The summed E-state index contributed by atoms with van der Waals surface area (Å²) >= 11 is 6.00. The van der Waals surface area contributed by atoms with Crippen molar-refractivity contribution >= 4 is 17.5 Å². The average Bonchev–Trinajstić information content (AvgIpc) is 3.03. The Morgan fingerprint density at radius 1 is 1.07 bits per heavy atom.